The molecule has 0 fully saturated rings. The van der Waals surface area contributed by atoms with Crippen LogP contribution in [0.1, 0.15) is 17.3 Å². The largest absolute Gasteiger partial charge is 0.481 e. The highest BCUT2D eigenvalue weighted by molar-refractivity contribution is 5.94. The van der Waals surface area contributed by atoms with Crippen LogP contribution in [0.15, 0.2) is 42.5 Å². The van der Waals surface area contributed by atoms with Crippen molar-refractivity contribution in [2.45, 2.75) is 13.0 Å². The van der Waals surface area contributed by atoms with Gasteiger partial charge in [-0.2, -0.15) is 0 Å². The molecule has 2 aromatic rings. The summed E-state index contributed by atoms with van der Waals surface area (Å²) in [5.41, 5.74) is 0.998. The number of nitrogens with one attached hydrogen (secondary N) is 1. The topological polar surface area (TPSA) is 83.1 Å². The van der Waals surface area contributed by atoms with Gasteiger partial charge in [-0.05, 0) is 43.3 Å². The van der Waals surface area contributed by atoms with Gasteiger partial charge in [0, 0.05) is 11.8 Å². The fraction of sp³-hybridized carbons (Fsp3) is 0.222. The van der Waals surface area contributed by atoms with Crippen LogP contribution in [-0.4, -0.2) is 31.9 Å². The molecule has 3 rings (SSSR count). The van der Waals surface area contributed by atoms with Crippen molar-refractivity contribution < 1.29 is 28.5 Å². The maximum atomic E-state index is 12.3. The number of carbonyl (C=O) groups excluding carboxylic acids is 2. The minimum atomic E-state index is -0.727. The summed E-state index contributed by atoms with van der Waals surface area (Å²) in [6.45, 7) is 1.81. The Morgan fingerprint density at radius 1 is 1.08 bits per heavy atom. The highest BCUT2D eigenvalue weighted by Crippen LogP contribution is 2.34. The molecule has 25 heavy (non-hydrogen) atoms. The Morgan fingerprint density at radius 3 is 2.52 bits per heavy atom. The summed E-state index contributed by atoms with van der Waals surface area (Å²) >= 11 is 0. The van der Waals surface area contributed by atoms with E-state index in [1.54, 1.807) is 49.4 Å². The van der Waals surface area contributed by atoms with Crippen molar-refractivity contribution in [1.29, 1.82) is 0 Å². The van der Waals surface area contributed by atoms with Crippen LogP contribution in [0.25, 0.3) is 0 Å². The maximum absolute atomic E-state index is 12.3. The first-order valence-electron chi connectivity index (χ1n) is 7.62. The van der Waals surface area contributed by atoms with E-state index in [2.05, 4.69) is 10.1 Å². The second-order valence-corrected chi connectivity index (χ2v) is 5.33. The Labute approximate surface area is 144 Å². The van der Waals surface area contributed by atoms with Crippen LogP contribution in [0.5, 0.6) is 17.2 Å². The third-order valence-electron chi connectivity index (χ3n) is 3.60. The summed E-state index contributed by atoms with van der Waals surface area (Å²) in [5, 5.41) is 2.76. The third kappa shape index (κ3) is 3.82. The number of benzene rings is 2. The number of hydrogen-bond donors (Lipinski definition) is 1. The van der Waals surface area contributed by atoms with E-state index < -0.39 is 12.1 Å². The molecule has 2 aromatic carbocycles. The van der Waals surface area contributed by atoms with Crippen molar-refractivity contribution in [3.05, 3.63) is 48.0 Å². The molecule has 0 aliphatic carbocycles. The summed E-state index contributed by atoms with van der Waals surface area (Å²) < 4.78 is 20.7. The van der Waals surface area contributed by atoms with E-state index >= 15 is 0 Å². The van der Waals surface area contributed by atoms with Gasteiger partial charge < -0.3 is 24.3 Å². The van der Waals surface area contributed by atoms with E-state index in [1.807, 2.05) is 0 Å². The van der Waals surface area contributed by atoms with Crippen LogP contribution in [-0.2, 0) is 9.53 Å². The molecule has 0 bridgehead atoms. The Morgan fingerprint density at radius 2 is 1.80 bits per heavy atom. The molecular weight excluding hydrogens is 326 g/mol. The minimum absolute atomic E-state index is 0.174. The predicted molar refractivity (Wildman–Crippen MR) is 89.1 cm³/mol. The van der Waals surface area contributed by atoms with E-state index in [-0.39, 0.29) is 12.7 Å². The third-order valence-corrected chi connectivity index (χ3v) is 3.60. The van der Waals surface area contributed by atoms with E-state index in [9.17, 15) is 9.59 Å². The molecular formula is C18H17NO6. The number of hydrogen-bond acceptors (Lipinski definition) is 6. The Hall–Kier alpha value is -3.22. The Kier molecular flexibility index (Phi) is 4.74. The van der Waals surface area contributed by atoms with Crippen LogP contribution >= 0.6 is 0 Å². The molecule has 1 amide bonds. The first-order valence-corrected chi connectivity index (χ1v) is 7.62. The summed E-state index contributed by atoms with van der Waals surface area (Å²) in [4.78, 5) is 23.6. The Balaban J connectivity index is 1.60. The van der Waals surface area contributed by atoms with Gasteiger partial charge in [-0.1, -0.05) is 0 Å². The zero-order valence-electron chi connectivity index (χ0n) is 13.8. The molecule has 1 aliphatic heterocycles. The van der Waals surface area contributed by atoms with Crippen LogP contribution in [0, 0.1) is 0 Å². The van der Waals surface area contributed by atoms with Gasteiger partial charge in [-0.15, -0.1) is 0 Å². The van der Waals surface area contributed by atoms with Crippen molar-refractivity contribution in [3.8, 4) is 17.2 Å². The standard InChI is InChI=1S/C18H17NO6/c1-11(25-14-6-3-12(4-7-14)18(21)22-2)17(20)19-13-5-8-15-16(9-13)24-10-23-15/h3-9,11H,10H2,1-2H3,(H,19,20)/t11-/m1/s1. The number of amides is 1. The first-order chi connectivity index (χ1) is 12.1. The van der Waals surface area contributed by atoms with E-state index in [0.29, 0.717) is 28.5 Å². The van der Waals surface area contributed by atoms with Crippen LogP contribution in [0.2, 0.25) is 0 Å². The number of rotatable bonds is 5. The number of anilines is 1. The molecule has 0 aromatic heterocycles. The SMILES string of the molecule is COC(=O)c1ccc(O[C@H](C)C(=O)Nc2ccc3c(c2)OCO3)cc1. The van der Waals surface area contributed by atoms with Gasteiger partial charge >= 0.3 is 5.97 Å². The highest BCUT2D eigenvalue weighted by Gasteiger charge is 2.18. The molecule has 7 nitrogen and oxygen atoms in total. The lowest BCUT2D eigenvalue weighted by Crippen LogP contribution is -2.30. The molecule has 1 N–H and O–H groups in total. The quantitative estimate of drug-likeness (QED) is 0.840. The summed E-state index contributed by atoms with van der Waals surface area (Å²) in [6, 6.07) is 11.5. The molecule has 0 saturated heterocycles. The lowest BCUT2D eigenvalue weighted by atomic mass is 10.2. The van der Waals surface area contributed by atoms with Gasteiger partial charge in [0.15, 0.2) is 17.6 Å². The van der Waals surface area contributed by atoms with Crippen molar-refractivity contribution >= 4 is 17.6 Å². The van der Waals surface area contributed by atoms with Gasteiger partial charge in [0.1, 0.15) is 5.75 Å². The predicted octanol–water partition coefficient (Wildman–Crippen LogP) is 2.61. The molecule has 0 saturated carbocycles. The average molecular weight is 343 g/mol. The smallest absolute Gasteiger partial charge is 0.337 e. The molecule has 0 radical (unpaired) electrons. The maximum Gasteiger partial charge on any atom is 0.337 e. The van der Waals surface area contributed by atoms with Crippen LogP contribution in [0.4, 0.5) is 5.69 Å². The van der Waals surface area contributed by atoms with Gasteiger partial charge in [0.25, 0.3) is 5.91 Å². The zero-order valence-corrected chi connectivity index (χ0v) is 13.8. The molecule has 7 heteroatoms. The number of methoxy groups -OCH3 is 1. The number of esters is 1. The van der Waals surface area contributed by atoms with Gasteiger partial charge in [-0.25, -0.2) is 4.79 Å². The normalized spacial score (nSPS) is 13.0. The second kappa shape index (κ2) is 7.12. The lowest BCUT2D eigenvalue weighted by Gasteiger charge is -2.15. The fourth-order valence-electron chi connectivity index (χ4n) is 2.26. The van der Waals surface area contributed by atoms with E-state index in [4.69, 9.17) is 14.2 Å². The van der Waals surface area contributed by atoms with Crippen molar-refractivity contribution in [2.75, 3.05) is 19.2 Å². The molecule has 1 aliphatic rings. The van der Waals surface area contributed by atoms with Crippen LogP contribution in [0.3, 0.4) is 0 Å². The van der Waals surface area contributed by atoms with E-state index in [0.717, 1.165) is 0 Å². The van der Waals surface area contributed by atoms with Crippen molar-refractivity contribution in [1.82, 2.24) is 0 Å². The van der Waals surface area contributed by atoms with Gasteiger partial charge in [0.2, 0.25) is 6.79 Å². The monoisotopic (exact) mass is 343 g/mol. The number of carbonyl (C=O) groups is 2. The van der Waals surface area contributed by atoms with Crippen molar-refractivity contribution in [3.63, 3.8) is 0 Å². The minimum Gasteiger partial charge on any atom is -0.481 e. The zero-order chi connectivity index (χ0) is 17.8. The second-order valence-electron chi connectivity index (χ2n) is 5.33. The number of ether oxygens (including phenoxy) is 4. The molecule has 130 valence electrons. The Bertz CT molecular complexity index is 787. The van der Waals surface area contributed by atoms with Gasteiger partial charge in [0.05, 0.1) is 12.7 Å². The summed E-state index contributed by atoms with van der Waals surface area (Å²) in [6.07, 6.45) is -0.727. The first kappa shape index (κ1) is 16.6. The molecule has 1 atom stereocenters. The van der Waals surface area contributed by atoms with Gasteiger partial charge in [-0.3, -0.25) is 4.79 Å². The molecule has 0 unspecified atom stereocenters. The number of fused-ring (bicyclic) bond motifs is 1. The summed E-state index contributed by atoms with van der Waals surface area (Å²) in [7, 11) is 1.31. The molecule has 1 heterocycles. The van der Waals surface area contributed by atoms with E-state index in [1.165, 1.54) is 7.11 Å². The van der Waals surface area contributed by atoms with Crippen LogP contribution < -0.4 is 19.5 Å². The fourth-order valence-corrected chi connectivity index (χ4v) is 2.26. The summed E-state index contributed by atoms with van der Waals surface area (Å²) in [5.74, 6) is 0.967. The van der Waals surface area contributed by atoms with Crippen molar-refractivity contribution in [2.24, 2.45) is 0 Å². The lowest BCUT2D eigenvalue weighted by molar-refractivity contribution is -0.122. The molecule has 0 spiro atoms. The average Bonchev–Trinajstić information content (AvgIpc) is 3.09. The highest BCUT2D eigenvalue weighted by atomic mass is 16.7.